The Balaban J connectivity index is 2.68. The molecule has 0 radical (unpaired) electrons. The van der Waals surface area contributed by atoms with Crippen LogP contribution in [-0.2, 0) is 7.05 Å². The molecule has 1 heterocycles. The van der Waals surface area contributed by atoms with E-state index in [0.717, 1.165) is 11.8 Å². The van der Waals surface area contributed by atoms with Crippen molar-refractivity contribution in [1.82, 2.24) is 4.57 Å². The van der Waals surface area contributed by atoms with E-state index in [1.165, 1.54) is 6.07 Å². The molecule has 0 saturated heterocycles. The molecule has 2 aromatic rings. The van der Waals surface area contributed by atoms with E-state index in [1.54, 1.807) is 6.92 Å². The summed E-state index contributed by atoms with van der Waals surface area (Å²) in [4.78, 5) is 0. The fourth-order valence-corrected chi connectivity index (χ4v) is 1.75. The molecule has 1 aromatic carbocycles. The molecule has 0 unspecified atom stereocenters. The standard InChI is InChI=1S/C12H11F2N/c1-8-6-9(13)7-10(14)12(8)11-4-3-5-15(11)2/h3-7H,1-2H3. The highest BCUT2D eigenvalue weighted by molar-refractivity contribution is 5.65. The van der Waals surface area contributed by atoms with Crippen molar-refractivity contribution in [2.75, 3.05) is 0 Å². The van der Waals surface area contributed by atoms with Crippen molar-refractivity contribution in [3.8, 4) is 11.3 Å². The molecular formula is C12H11F2N. The molecule has 0 saturated carbocycles. The van der Waals surface area contributed by atoms with Gasteiger partial charge in [-0.15, -0.1) is 0 Å². The monoisotopic (exact) mass is 207 g/mol. The van der Waals surface area contributed by atoms with Crippen LogP contribution in [0, 0.1) is 18.6 Å². The third-order valence-electron chi connectivity index (χ3n) is 2.45. The SMILES string of the molecule is Cc1cc(F)cc(F)c1-c1cccn1C. The Morgan fingerprint density at radius 2 is 1.93 bits per heavy atom. The zero-order valence-electron chi connectivity index (χ0n) is 8.59. The van der Waals surface area contributed by atoms with E-state index in [2.05, 4.69) is 0 Å². The lowest BCUT2D eigenvalue weighted by Gasteiger charge is -2.08. The Kier molecular flexibility index (Phi) is 2.31. The van der Waals surface area contributed by atoms with Gasteiger partial charge in [-0.05, 0) is 30.7 Å². The van der Waals surface area contributed by atoms with Crippen molar-refractivity contribution in [3.05, 3.63) is 47.7 Å². The quantitative estimate of drug-likeness (QED) is 0.676. The average Bonchev–Trinajstić information content (AvgIpc) is 2.50. The van der Waals surface area contributed by atoms with Gasteiger partial charge in [0, 0.05) is 24.9 Å². The molecule has 0 aliphatic rings. The third kappa shape index (κ3) is 1.65. The molecule has 0 bridgehead atoms. The molecule has 0 spiro atoms. The number of halogens is 2. The number of hydrogen-bond acceptors (Lipinski definition) is 0. The first-order valence-electron chi connectivity index (χ1n) is 4.67. The van der Waals surface area contributed by atoms with E-state index in [9.17, 15) is 8.78 Å². The molecule has 15 heavy (non-hydrogen) atoms. The second-order valence-corrected chi connectivity index (χ2v) is 3.58. The molecule has 0 N–H and O–H groups in total. The van der Waals surface area contributed by atoms with Crippen molar-refractivity contribution >= 4 is 0 Å². The van der Waals surface area contributed by atoms with E-state index in [1.807, 2.05) is 29.9 Å². The molecule has 1 nitrogen and oxygen atoms in total. The molecule has 0 atom stereocenters. The first-order valence-corrected chi connectivity index (χ1v) is 4.67. The lowest BCUT2D eigenvalue weighted by molar-refractivity contribution is 0.583. The molecule has 0 aliphatic heterocycles. The first-order chi connectivity index (χ1) is 7.09. The van der Waals surface area contributed by atoms with Gasteiger partial charge in [0.1, 0.15) is 11.6 Å². The first kappa shape index (κ1) is 9.90. The van der Waals surface area contributed by atoms with Gasteiger partial charge in [-0.3, -0.25) is 0 Å². The fourth-order valence-electron chi connectivity index (χ4n) is 1.75. The van der Waals surface area contributed by atoms with E-state index >= 15 is 0 Å². The summed E-state index contributed by atoms with van der Waals surface area (Å²) < 4.78 is 28.3. The van der Waals surface area contributed by atoms with Gasteiger partial charge in [0.2, 0.25) is 0 Å². The van der Waals surface area contributed by atoms with E-state index < -0.39 is 11.6 Å². The highest BCUT2D eigenvalue weighted by atomic mass is 19.1. The van der Waals surface area contributed by atoms with Crippen molar-refractivity contribution in [2.45, 2.75) is 6.92 Å². The number of nitrogens with zero attached hydrogens (tertiary/aromatic N) is 1. The number of benzene rings is 1. The average molecular weight is 207 g/mol. The predicted octanol–water partition coefficient (Wildman–Crippen LogP) is 3.28. The lowest BCUT2D eigenvalue weighted by Crippen LogP contribution is -1.96. The molecule has 3 heteroatoms. The third-order valence-corrected chi connectivity index (χ3v) is 2.45. The summed E-state index contributed by atoms with van der Waals surface area (Å²) >= 11 is 0. The van der Waals surface area contributed by atoms with Crippen molar-refractivity contribution in [3.63, 3.8) is 0 Å². The summed E-state index contributed by atoms with van der Waals surface area (Å²) in [5, 5.41) is 0. The second-order valence-electron chi connectivity index (χ2n) is 3.58. The molecule has 0 fully saturated rings. The predicted molar refractivity (Wildman–Crippen MR) is 55.5 cm³/mol. The zero-order valence-corrected chi connectivity index (χ0v) is 8.59. The minimum absolute atomic E-state index is 0.462. The second kappa shape index (κ2) is 3.50. The summed E-state index contributed by atoms with van der Waals surface area (Å²) in [7, 11) is 1.83. The van der Waals surface area contributed by atoms with Gasteiger partial charge in [0.15, 0.2) is 0 Å². The van der Waals surface area contributed by atoms with Crippen LogP contribution in [0.4, 0.5) is 8.78 Å². The van der Waals surface area contributed by atoms with Crippen molar-refractivity contribution in [2.24, 2.45) is 7.05 Å². The van der Waals surface area contributed by atoms with Gasteiger partial charge >= 0.3 is 0 Å². The number of aryl methyl sites for hydroxylation is 2. The largest absolute Gasteiger partial charge is 0.350 e. The van der Waals surface area contributed by atoms with Crippen molar-refractivity contribution < 1.29 is 8.78 Å². The van der Waals surface area contributed by atoms with Gasteiger partial charge in [-0.1, -0.05) is 0 Å². The summed E-state index contributed by atoms with van der Waals surface area (Å²) in [6.07, 6.45) is 1.83. The van der Waals surface area contributed by atoms with Crippen LogP contribution >= 0.6 is 0 Å². The molecular weight excluding hydrogens is 196 g/mol. The van der Waals surface area contributed by atoms with Crippen LogP contribution in [0.15, 0.2) is 30.5 Å². The Bertz CT molecular complexity index is 477. The molecule has 0 aliphatic carbocycles. The summed E-state index contributed by atoms with van der Waals surface area (Å²) in [5.74, 6) is -1.06. The van der Waals surface area contributed by atoms with E-state index in [-0.39, 0.29) is 0 Å². The maximum absolute atomic E-state index is 13.6. The van der Waals surface area contributed by atoms with Crippen LogP contribution in [0.25, 0.3) is 11.3 Å². The highest BCUT2D eigenvalue weighted by Crippen LogP contribution is 2.27. The Labute approximate surface area is 87.0 Å². The van der Waals surface area contributed by atoms with Crippen LogP contribution in [0.5, 0.6) is 0 Å². The molecule has 2 rings (SSSR count). The smallest absolute Gasteiger partial charge is 0.135 e. The minimum atomic E-state index is -0.539. The van der Waals surface area contributed by atoms with E-state index in [4.69, 9.17) is 0 Å². The molecule has 1 aromatic heterocycles. The minimum Gasteiger partial charge on any atom is -0.350 e. The van der Waals surface area contributed by atoms with Crippen molar-refractivity contribution in [1.29, 1.82) is 0 Å². The van der Waals surface area contributed by atoms with Gasteiger partial charge in [-0.2, -0.15) is 0 Å². The number of hydrogen-bond donors (Lipinski definition) is 0. The number of rotatable bonds is 1. The maximum Gasteiger partial charge on any atom is 0.135 e. The maximum atomic E-state index is 13.6. The van der Waals surface area contributed by atoms with Crippen LogP contribution in [0.1, 0.15) is 5.56 Å². The van der Waals surface area contributed by atoms with Gasteiger partial charge in [0.25, 0.3) is 0 Å². The van der Waals surface area contributed by atoms with Crippen LogP contribution in [-0.4, -0.2) is 4.57 Å². The topological polar surface area (TPSA) is 4.93 Å². The van der Waals surface area contributed by atoms with Gasteiger partial charge in [-0.25, -0.2) is 8.78 Å². The molecule has 0 amide bonds. The fraction of sp³-hybridized carbons (Fsp3) is 0.167. The Morgan fingerprint density at radius 1 is 1.20 bits per heavy atom. The Morgan fingerprint density at radius 3 is 2.47 bits per heavy atom. The summed E-state index contributed by atoms with van der Waals surface area (Å²) in [6.45, 7) is 1.70. The summed E-state index contributed by atoms with van der Waals surface area (Å²) in [5.41, 5.74) is 1.82. The number of aromatic nitrogens is 1. The van der Waals surface area contributed by atoms with Crippen LogP contribution in [0.3, 0.4) is 0 Å². The zero-order chi connectivity index (χ0) is 11.0. The summed E-state index contributed by atoms with van der Waals surface area (Å²) in [6, 6.07) is 5.89. The van der Waals surface area contributed by atoms with Crippen LogP contribution < -0.4 is 0 Å². The van der Waals surface area contributed by atoms with E-state index in [0.29, 0.717) is 11.1 Å². The van der Waals surface area contributed by atoms with Crippen LogP contribution in [0.2, 0.25) is 0 Å². The highest BCUT2D eigenvalue weighted by Gasteiger charge is 2.12. The normalized spacial score (nSPS) is 10.7. The lowest BCUT2D eigenvalue weighted by atomic mass is 10.0. The van der Waals surface area contributed by atoms with Gasteiger partial charge in [0.05, 0.1) is 5.69 Å². The molecule has 78 valence electrons. The Hall–Kier alpha value is -1.64. The van der Waals surface area contributed by atoms with Gasteiger partial charge < -0.3 is 4.57 Å².